The summed E-state index contributed by atoms with van der Waals surface area (Å²) in [7, 11) is 0. The topological polar surface area (TPSA) is 43.1 Å². The van der Waals surface area contributed by atoms with Gasteiger partial charge in [-0.1, -0.05) is 25.5 Å². The van der Waals surface area contributed by atoms with Crippen molar-refractivity contribution in [3.63, 3.8) is 0 Å². The van der Waals surface area contributed by atoms with Crippen LogP contribution in [0.25, 0.3) is 0 Å². The first kappa shape index (κ1) is 11.0. The van der Waals surface area contributed by atoms with E-state index in [2.05, 4.69) is 42.1 Å². The molecule has 16 heavy (non-hydrogen) atoms. The second-order valence-electron chi connectivity index (χ2n) is 4.74. The lowest BCUT2D eigenvalue weighted by molar-refractivity contribution is 0.361. The zero-order valence-electron chi connectivity index (χ0n) is 10.0. The van der Waals surface area contributed by atoms with Crippen LogP contribution < -0.4 is 0 Å². The Bertz CT molecular complexity index is 391. The Morgan fingerprint density at radius 3 is 2.69 bits per heavy atom. The Kier molecular flexibility index (Phi) is 3.17. The van der Waals surface area contributed by atoms with Crippen LogP contribution in [0.3, 0.4) is 0 Å². The van der Waals surface area contributed by atoms with Crippen LogP contribution in [0, 0.1) is 17.8 Å². The average molecular weight is 218 g/mol. The van der Waals surface area contributed by atoms with Crippen LogP contribution in [0.15, 0.2) is 29.4 Å². The molecule has 2 rings (SSSR count). The van der Waals surface area contributed by atoms with Gasteiger partial charge in [-0.15, -0.1) is 10.2 Å². The summed E-state index contributed by atoms with van der Waals surface area (Å²) in [4.78, 5) is 0. The summed E-state index contributed by atoms with van der Waals surface area (Å²) in [6.45, 7) is 6.75. The van der Waals surface area contributed by atoms with Gasteiger partial charge in [-0.2, -0.15) is 5.10 Å². The Hall–Kier alpha value is -1.45. The molecule has 0 saturated carbocycles. The van der Waals surface area contributed by atoms with Crippen molar-refractivity contribution in [1.29, 1.82) is 0 Å². The number of rotatable bonds is 2. The highest BCUT2D eigenvalue weighted by atomic mass is 15.4. The van der Waals surface area contributed by atoms with E-state index in [1.807, 2.05) is 6.21 Å². The van der Waals surface area contributed by atoms with Crippen molar-refractivity contribution in [2.45, 2.75) is 27.2 Å². The van der Waals surface area contributed by atoms with E-state index in [1.165, 1.54) is 12.0 Å². The van der Waals surface area contributed by atoms with Gasteiger partial charge in [0.1, 0.15) is 12.7 Å². The molecule has 1 aliphatic carbocycles. The molecule has 4 nitrogen and oxygen atoms in total. The second kappa shape index (κ2) is 4.60. The van der Waals surface area contributed by atoms with Crippen molar-refractivity contribution in [2.24, 2.45) is 22.9 Å². The maximum atomic E-state index is 4.35. The summed E-state index contributed by atoms with van der Waals surface area (Å²) in [5, 5.41) is 11.8. The first-order valence-electron chi connectivity index (χ1n) is 5.73. The van der Waals surface area contributed by atoms with Crippen molar-refractivity contribution in [3.05, 3.63) is 24.3 Å². The standard InChI is InChI=1S/C12H18N4/c1-9-4-10(2)12(11(3)5-9)6-15-16-7-13-14-8-16/h4,6-8,10-12H,5H2,1-3H3/b15-6-/t10-,11+,12-/m1/s1. The normalized spacial score (nSPS) is 30.7. The lowest BCUT2D eigenvalue weighted by atomic mass is 9.76. The first-order chi connectivity index (χ1) is 7.66. The van der Waals surface area contributed by atoms with Gasteiger partial charge in [0.25, 0.3) is 0 Å². The molecule has 0 spiro atoms. The molecule has 0 radical (unpaired) electrons. The molecular weight excluding hydrogens is 200 g/mol. The molecule has 0 amide bonds. The number of nitrogens with zero attached hydrogens (tertiary/aromatic N) is 4. The zero-order valence-corrected chi connectivity index (χ0v) is 10.0. The molecule has 0 fully saturated rings. The summed E-state index contributed by atoms with van der Waals surface area (Å²) in [5.41, 5.74) is 1.49. The SMILES string of the molecule is CC1=C[C@@H](C)[C@@H](/C=N\n2cnnc2)[C@@H](C)C1. The van der Waals surface area contributed by atoms with E-state index < -0.39 is 0 Å². The van der Waals surface area contributed by atoms with Crippen LogP contribution in [-0.4, -0.2) is 21.1 Å². The van der Waals surface area contributed by atoms with Crippen LogP contribution in [-0.2, 0) is 0 Å². The van der Waals surface area contributed by atoms with Crippen molar-refractivity contribution in [2.75, 3.05) is 0 Å². The third-order valence-electron chi connectivity index (χ3n) is 3.23. The van der Waals surface area contributed by atoms with Gasteiger partial charge in [0.15, 0.2) is 0 Å². The molecule has 0 aliphatic heterocycles. The van der Waals surface area contributed by atoms with Gasteiger partial charge in [-0.3, -0.25) is 0 Å². The van der Waals surface area contributed by atoms with E-state index in [4.69, 9.17) is 0 Å². The van der Waals surface area contributed by atoms with Crippen molar-refractivity contribution in [3.8, 4) is 0 Å². The van der Waals surface area contributed by atoms with Crippen LogP contribution >= 0.6 is 0 Å². The van der Waals surface area contributed by atoms with E-state index in [0.717, 1.165) is 0 Å². The summed E-state index contributed by atoms with van der Waals surface area (Å²) in [6, 6.07) is 0. The monoisotopic (exact) mass is 218 g/mol. The quantitative estimate of drug-likeness (QED) is 0.565. The van der Waals surface area contributed by atoms with Crippen molar-refractivity contribution >= 4 is 6.21 Å². The summed E-state index contributed by atoms with van der Waals surface area (Å²) in [5.74, 6) is 1.72. The van der Waals surface area contributed by atoms with Gasteiger partial charge in [0.05, 0.1) is 0 Å². The van der Waals surface area contributed by atoms with Crippen molar-refractivity contribution < 1.29 is 0 Å². The molecule has 0 N–H and O–H groups in total. The molecule has 0 unspecified atom stereocenters. The minimum atomic E-state index is 0.506. The van der Waals surface area contributed by atoms with E-state index in [0.29, 0.717) is 17.8 Å². The summed E-state index contributed by atoms with van der Waals surface area (Å²) >= 11 is 0. The number of hydrogen-bond acceptors (Lipinski definition) is 3. The highest BCUT2D eigenvalue weighted by Gasteiger charge is 2.25. The van der Waals surface area contributed by atoms with Crippen LogP contribution in [0.4, 0.5) is 0 Å². The lowest BCUT2D eigenvalue weighted by Gasteiger charge is -2.29. The molecule has 1 heterocycles. The molecule has 1 aromatic rings. The predicted molar refractivity (Wildman–Crippen MR) is 64.1 cm³/mol. The van der Waals surface area contributed by atoms with Gasteiger partial charge in [0.2, 0.25) is 0 Å². The zero-order chi connectivity index (χ0) is 11.5. The van der Waals surface area contributed by atoms with Gasteiger partial charge >= 0.3 is 0 Å². The summed E-state index contributed by atoms with van der Waals surface area (Å²) < 4.78 is 1.64. The molecule has 0 saturated heterocycles. The average Bonchev–Trinajstić information content (AvgIpc) is 2.68. The third-order valence-corrected chi connectivity index (χ3v) is 3.23. The highest BCUT2D eigenvalue weighted by Crippen LogP contribution is 2.32. The van der Waals surface area contributed by atoms with Crippen molar-refractivity contribution in [1.82, 2.24) is 14.9 Å². The van der Waals surface area contributed by atoms with E-state index in [-0.39, 0.29) is 0 Å². The maximum absolute atomic E-state index is 4.35. The Balaban J connectivity index is 2.10. The lowest BCUT2D eigenvalue weighted by Crippen LogP contribution is -2.24. The molecular formula is C12H18N4. The van der Waals surface area contributed by atoms with Gasteiger partial charge in [-0.05, 0) is 25.2 Å². The Labute approximate surface area is 96.1 Å². The third kappa shape index (κ3) is 2.38. The molecule has 0 bridgehead atoms. The number of allylic oxidation sites excluding steroid dienone is 2. The maximum Gasteiger partial charge on any atom is 0.141 e. The van der Waals surface area contributed by atoms with E-state index in [9.17, 15) is 0 Å². The van der Waals surface area contributed by atoms with E-state index in [1.54, 1.807) is 17.3 Å². The first-order valence-corrected chi connectivity index (χ1v) is 5.73. The van der Waals surface area contributed by atoms with Crippen LogP contribution in [0.1, 0.15) is 27.2 Å². The molecule has 0 aromatic carbocycles. The fourth-order valence-electron chi connectivity index (χ4n) is 2.48. The molecule has 1 aromatic heterocycles. The molecule has 4 heteroatoms. The fourth-order valence-corrected chi connectivity index (χ4v) is 2.48. The van der Waals surface area contributed by atoms with Gasteiger partial charge in [0, 0.05) is 12.1 Å². The van der Waals surface area contributed by atoms with Crippen LogP contribution in [0.2, 0.25) is 0 Å². The van der Waals surface area contributed by atoms with Gasteiger partial charge < -0.3 is 0 Å². The Morgan fingerprint density at radius 1 is 1.38 bits per heavy atom. The largest absolute Gasteiger partial charge is 0.208 e. The minimum absolute atomic E-state index is 0.506. The number of hydrogen-bond donors (Lipinski definition) is 0. The predicted octanol–water partition coefficient (Wildman–Crippen LogP) is 2.35. The molecule has 86 valence electrons. The minimum Gasteiger partial charge on any atom is -0.208 e. The molecule has 3 atom stereocenters. The smallest absolute Gasteiger partial charge is 0.141 e. The highest BCUT2D eigenvalue weighted by molar-refractivity contribution is 5.62. The fraction of sp³-hybridized carbons (Fsp3) is 0.583. The second-order valence-corrected chi connectivity index (χ2v) is 4.74. The van der Waals surface area contributed by atoms with Gasteiger partial charge in [-0.25, -0.2) is 4.68 Å². The van der Waals surface area contributed by atoms with E-state index >= 15 is 0 Å². The van der Waals surface area contributed by atoms with Crippen LogP contribution in [0.5, 0.6) is 0 Å². The Morgan fingerprint density at radius 2 is 2.06 bits per heavy atom. The summed E-state index contributed by atoms with van der Waals surface area (Å²) in [6.07, 6.45) is 8.76. The number of aromatic nitrogens is 3. The molecule has 1 aliphatic rings.